The molecule has 90 valence electrons. The molecule has 18 heavy (non-hydrogen) atoms. The maximum absolute atomic E-state index is 11.9. The van der Waals surface area contributed by atoms with Crippen LogP contribution in [0.15, 0.2) is 54.6 Å². The van der Waals surface area contributed by atoms with E-state index in [4.69, 9.17) is 10.5 Å². The van der Waals surface area contributed by atoms with Crippen LogP contribution in [0.25, 0.3) is 0 Å². The van der Waals surface area contributed by atoms with Crippen molar-refractivity contribution in [2.45, 2.75) is 0 Å². The minimum Gasteiger partial charge on any atom is -0.423 e. The molecule has 0 saturated carbocycles. The van der Waals surface area contributed by atoms with Crippen molar-refractivity contribution in [1.82, 2.24) is 0 Å². The SMILES string of the molecule is NC(=O)c1ccccc1C(=O)Oc1ccccc1. The highest BCUT2D eigenvalue weighted by molar-refractivity contribution is 6.05. The molecule has 2 aromatic rings. The predicted octanol–water partition coefficient (Wildman–Crippen LogP) is 2.00. The zero-order valence-electron chi connectivity index (χ0n) is 9.50. The van der Waals surface area contributed by atoms with E-state index >= 15 is 0 Å². The molecule has 4 nitrogen and oxygen atoms in total. The average Bonchev–Trinajstić information content (AvgIpc) is 2.40. The summed E-state index contributed by atoms with van der Waals surface area (Å²) in [4.78, 5) is 23.1. The van der Waals surface area contributed by atoms with E-state index in [-0.39, 0.29) is 11.1 Å². The molecule has 1 amide bonds. The second kappa shape index (κ2) is 5.14. The number of amides is 1. The van der Waals surface area contributed by atoms with Crippen molar-refractivity contribution in [1.29, 1.82) is 0 Å². The Morgan fingerprint density at radius 1 is 0.833 bits per heavy atom. The van der Waals surface area contributed by atoms with Gasteiger partial charge in [0.1, 0.15) is 5.75 Å². The molecule has 0 saturated heterocycles. The number of hydrogen-bond acceptors (Lipinski definition) is 3. The van der Waals surface area contributed by atoms with Crippen molar-refractivity contribution in [2.75, 3.05) is 0 Å². The Balaban J connectivity index is 2.27. The van der Waals surface area contributed by atoms with Crippen molar-refractivity contribution < 1.29 is 14.3 Å². The van der Waals surface area contributed by atoms with E-state index in [9.17, 15) is 9.59 Å². The van der Waals surface area contributed by atoms with E-state index in [1.54, 1.807) is 36.4 Å². The van der Waals surface area contributed by atoms with E-state index in [0.717, 1.165) is 0 Å². The molecule has 2 N–H and O–H groups in total. The topological polar surface area (TPSA) is 69.4 Å². The first kappa shape index (κ1) is 11.9. The summed E-state index contributed by atoms with van der Waals surface area (Å²) in [5, 5.41) is 0. The zero-order chi connectivity index (χ0) is 13.0. The number of benzene rings is 2. The van der Waals surface area contributed by atoms with Crippen molar-refractivity contribution in [3.63, 3.8) is 0 Å². The number of esters is 1. The fourth-order valence-electron chi connectivity index (χ4n) is 1.53. The van der Waals surface area contributed by atoms with E-state index < -0.39 is 11.9 Å². The molecule has 2 aromatic carbocycles. The molecule has 0 spiro atoms. The summed E-state index contributed by atoms with van der Waals surface area (Å²) in [5.74, 6) is -0.840. The van der Waals surface area contributed by atoms with Gasteiger partial charge < -0.3 is 10.5 Å². The summed E-state index contributed by atoms with van der Waals surface area (Å²) in [5.41, 5.74) is 5.51. The van der Waals surface area contributed by atoms with Crippen LogP contribution in [0.1, 0.15) is 20.7 Å². The van der Waals surface area contributed by atoms with Crippen LogP contribution >= 0.6 is 0 Å². The summed E-state index contributed by atoms with van der Waals surface area (Å²) in [6, 6.07) is 14.9. The molecule has 0 heterocycles. The third-order valence-corrected chi connectivity index (χ3v) is 2.37. The van der Waals surface area contributed by atoms with Gasteiger partial charge in [0, 0.05) is 0 Å². The van der Waals surface area contributed by atoms with Gasteiger partial charge in [-0.25, -0.2) is 4.79 Å². The van der Waals surface area contributed by atoms with Crippen LogP contribution in [-0.4, -0.2) is 11.9 Å². The van der Waals surface area contributed by atoms with Crippen LogP contribution in [0.5, 0.6) is 5.75 Å². The number of carbonyl (C=O) groups excluding carboxylic acids is 2. The molecule has 0 bridgehead atoms. The number of carbonyl (C=O) groups is 2. The Kier molecular flexibility index (Phi) is 3.38. The third-order valence-electron chi connectivity index (χ3n) is 2.37. The molecule has 0 aliphatic carbocycles. The molecule has 0 aliphatic heterocycles. The predicted molar refractivity (Wildman–Crippen MR) is 66.4 cm³/mol. The van der Waals surface area contributed by atoms with E-state index in [2.05, 4.69) is 0 Å². The van der Waals surface area contributed by atoms with Crippen molar-refractivity contribution in [3.8, 4) is 5.75 Å². The summed E-state index contributed by atoms with van der Waals surface area (Å²) >= 11 is 0. The smallest absolute Gasteiger partial charge is 0.344 e. The fraction of sp³-hybridized carbons (Fsp3) is 0. The highest BCUT2D eigenvalue weighted by Gasteiger charge is 2.16. The second-order valence-corrected chi connectivity index (χ2v) is 3.61. The number of primary amides is 1. The molecule has 0 unspecified atom stereocenters. The lowest BCUT2D eigenvalue weighted by atomic mass is 10.1. The number of ether oxygens (including phenoxy) is 1. The molecule has 0 radical (unpaired) electrons. The first-order chi connectivity index (χ1) is 8.68. The molecular weight excluding hydrogens is 230 g/mol. The molecule has 2 rings (SSSR count). The van der Waals surface area contributed by atoms with Gasteiger partial charge in [0.05, 0.1) is 11.1 Å². The Labute approximate surface area is 104 Å². The Morgan fingerprint density at radius 2 is 1.39 bits per heavy atom. The van der Waals surface area contributed by atoms with Gasteiger partial charge >= 0.3 is 5.97 Å². The van der Waals surface area contributed by atoms with Crippen LogP contribution in [-0.2, 0) is 0 Å². The highest BCUT2D eigenvalue weighted by atomic mass is 16.5. The van der Waals surface area contributed by atoms with E-state index in [1.807, 2.05) is 6.07 Å². The average molecular weight is 241 g/mol. The number of rotatable bonds is 3. The molecule has 0 aliphatic rings. The zero-order valence-corrected chi connectivity index (χ0v) is 9.50. The van der Waals surface area contributed by atoms with Crippen molar-refractivity contribution >= 4 is 11.9 Å². The standard InChI is InChI=1S/C14H11NO3/c15-13(16)11-8-4-5-9-12(11)14(17)18-10-6-2-1-3-7-10/h1-9H,(H2,15,16). The molecule has 0 fully saturated rings. The molecule has 0 atom stereocenters. The second-order valence-electron chi connectivity index (χ2n) is 3.61. The number of para-hydroxylation sites is 1. The quantitative estimate of drug-likeness (QED) is 0.660. The van der Waals surface area contributed by atoms with Crippen LogP contribution < -0.4 is 10.5 Å². The lowest BCUT2D eigenvalue weighted by molar-refractivity contribution is 0.0729. The first-order valence-corrected chi connectivity index (χ1v) is 5.34. The Hall–Kier alpha value is -2.62. The van der Waals surface area contributed by atoms with E-state index in [1.165, 1.54) is 12.1 Å². The number of hydrogen-bond donors (Lipinski definition) is 1. The van der Waals surface area contributed by atoms with Crippen molar-refractivity contribution in [2.24, 2.45) is 5.73 Å². The van der Waals surface area contributed by atoms with Gasteiger partial charge in [-0.15, -0.1) is 0 Å². The summed E-state index contributed by atoms with van der Waals surface area (Å²) in [6.07, 6.45) is 0. The molecule has 4 heteroatoms. The van der Waals surface area contributed by atoms with Gasteiger partial charge in [-0.1, -0.05) is 30.3 Å². The van der Waals surface area contributed by atoms with Crippen LogP contribution in [0.4, 0.5) is 0 Å². The lowest BCUT2D eigenvalue weighted by Gasteiger charge is -2.06. The summed E-state index contributed by atoms with van der Waals surface area (Å²) in [7, 11) is 0. The normalized spacial score (nSPS) is 9.78. The third kappa shape index (κ3) is 2.55. The molecule has 0 aromatic heterocycles. The summed E-state index contributed by atoms with van der Waals surface area (Å²) < 4.78 is 5.14. The monoisotopic (exact) mass is 241 g/mol. The van der Waals surface area contributed by atoms with Crippen LogP contribution in [0.3, 0.4) is 0 Å². The lowest BCUT2D eigenvalue weighted by Crippen LogP contribution is -2.18. The maximum atomic E-state index is 11.9. The Bertz CT molecular complexity index is 579. The number of nitrogens with two attached hydrogens (primary N) is 1. The fourth-order valence-corrected chi connectivity index (χ4v) is 1.53. The Morgan fingerprint density at radius 3 is 2.00 bits per heavy atom. The van der Waals surface area contributed by atoms with Crippen LogP contribution in [0.2, 0.25) is 0 Å². The highest BCUT2D eigenvalue weighted by Crippen LogP contribution is 2.14. The van der Waals surface area contributed by atoms with Gasteiger partial charge in [0.25, 0.3) is 0 Å². The molecular formula is C14H11NO3. The van der Waals surface area contributed by atoms with Gasteiger partial charge in [-0.3, -0.25) is 4.79 Å². The van der Waals surface area contributed by atoms with Crippen molar-refractivity contribution in [3.05, 3.63) is 65.7 Å². The van der Waals surface area contributed by atoms with Crippen LogP contribution in [0, 0.1) is 0 Å². The van der Waals surface area contributed by atoms with Gasteiger partial charge in [-0.05, 0) is 24.3 Å². The van der Waals surface area contributed by atoms with Gasteiger partial charge in [-0.2, -0.15) is 0 Å². The van der Waals surface area contributed by atoms with Gasteiger partial charge in [0.2, 0.25) is 5.91 Å². The minimum absolute atomic E-state index is 0.151. The maximum Gasteiger partial charge on any atom is 0.344 e. The first-order valence-electron chi connectivity index (χ1n) is 5.34. The largest absolute Gasteiger partial charge is 0.423 e. The summed E-state index contributed by atoms with van der Waals surface area (Å²) in [6.45, 7) is 0. The minimum atomic E-state index is -0.657. The van der Waals surface area contributed by atoms with Gasteiger partial charge in [0.15, 0.2) is 0 Å². The van der Waals surface area contributed by atoms with E-state index in [0.29, 0.717) is 5.75 Å².